The zero-order valence-electron chi connectivity index (χ0n) is 12.7. The molecule has 0 radical (unpaired) electrons. The van der Waals surface area contributed by atoms with Gasteiger partial charge in [0, 0.05) is 18.0 Å². The van der Waals surface area contributed by atoms with Gasteiger partial charge < -0.3 is 9.84 Å². The molecule has 0 aliphatic heterocycles. The van der Waals surface area contributed by atoms with Crippen molar-refractivity contribution in [2.75, 3.05) is 11.8 Å². The number of ether oxygens (including phenoxy) is 1. The van der Waals surface area contributed by atoms with E-state index in [1.807, 2.05) is 0 Å². The molecule has 2 rings (SSSR count). The molecule has 0 saturated carbocycles. The number of carboxylic acid groups (broad SMARTS) is 1. The van der Waals surface area contributed by atoms with Crippen LogP contribution in [0.2, 0.25) is 0 Å². The number of anilines is 1. The summed E-state index contributed by atoms with van der Waals surface area (Å²) in [5.74, 6) is -4.40. The number of aromatic carboxylic acids is 1. The zero-order chi connectivity index (χ0) is 18.8. The van der Waals surface area contributed by atoms with Gasteiger partial charge in [0.15, 0.2) is 0 Å². The summed E-state index contributed by atoms with van der Waals surface area (Å²) in [7, 11) is -3.32. The molecule has 25 heavy (non-hydrogen) atoms. The Morgan fingerprint density at radius 3 is 2.56 bits per heavy atom. The molecule has 2 aromatic rings. The van der Waals surface area contributed by atoms with Crippen LogP contribution in [0, 0.1) is 11.6 Å². The number of nitrogens with one attached hydrogen (secondary N) is 1. The van der Waals surface area contributed by atoms with E-state index in [-0.39, 0.29) is 23.4 Å². The Hall–Kier alpha value is -2.40. The molecular weight excluding hydrogens is 378 g/mol. The van der Waals surface area contributed by atoms with Crippen LogP contribution in [0.5, 0.6) is 5.88 Å². The van der Waals surface area contributed by atoms with Crippen LogP contribution in [0.1, 0.15) is 15.9 Å². The highest BCUT2D eigenvalue weighted by molar-refractivity contribution is 7.92. The highest BCUT2D eigenvalue weighted by atomic mass is 32.2. The van der Waals surface area contributed by atoms with E-state index in [0.717, 1.165) is 0 Å². The van der Waals surface area contributed by atoms with Gasteiger partial charge in [-0.1, -0.05) is 0 Å². The number of carboxylic acids is 1. The minimum atomic E-state index is -4.57. The third kappa shape index (κ3) is 3.99. The third-order valence-corrected chi connectivity index (χ3v) is 4.82. The van der Waals surface area contributed by atoms with E-state index in [4.69, 9.17) is 9.84 Å². The standard InChI is InChI=1S/C14H12F2N2O5S2/c1-23-13-11(2-7(6-24)5-17-13)18-25(21,22)12-3-8(14(19)20)9(15)4-10(12)16/h2-5,18,24H,6H2,1H3,(H,19,20). The number of methoxy groups -OCH3 is 1. The molecule has 0 aliphatic rings. The fraction of sp³-hybridized carbons (Fsp3) is 0.143. The van der Waals surface area contributed by atoms with Gasteiger partial charge in [-0.25, -0.2) is 27.0 Å². The summed E-state index contributed by atoms with van der Waals surface area (Å²) in [6, 6.07) is 1.96. The van der Waals surface area contributed by atoms with Crippen LogP contribution < -0.4 is 9.46 Å². The van der Waals surface area contributed by atoms with Crippen molar-refractivity contribution in [1.82, 2.24) is 4.98 Å². The maximum Gasteiger partial charge on any atom is 0.338 e. The van der Waals surface area contributed by atoms with Crippen molar-refractivity contribution in [2.45, 2.75) is 10.6 Å². The van der Waals surface area contributed by atoms with E-state index in [9.17, 15) is 22.0 Å². The highest BCUT2D eigenvalue weighted by Gasteiger charge is 2.25. The molecule has 0 aliphatic carbocycles. The van der Waals surface area contributed by atoms with Crippen molar-refractivity contribution in [3.8, 4) is 5.88 Å². The molecule has 1 aromatic heterocycles. The predicted octanol–water partition coefficient (Wildman–Crippen LogP) is 2.30. The Morgan fingerprint density at radius 2 is 2.00 bits per heavy atom. The number of carbonyl (C=O) groups is 1. The Balaban J connectivity index is 2.54. The Kier molecular flexibility index (Phi) is 5.48. The van der Waals surface area contributed by atoms with E-state index in [0.29, 0.717) is 11.6 Å². The maximum absolute atomic E-state index is 13.9. The molecule has 1 aromatic carbocycles. The number of halogens is 2. The molecule has 7 nitrogen and oxygen atoms in total. The van der Waals surface area contributed by atoms with E-state index in [1.54, 1.807) is 0 Å². The number of hydrogen-bond donors (Lipinski definition) is 3. The van der Waals surface area contributed by atoms with Crippen LogP contribution in [0.3, 0.4) is 0 Å². The molecule has 0 unspecified atom stereocenters. The minimum Gasteiger partial charge on any atom is -0.480 e. The largest absolute Gasteiger partial charge is 0.480 e. The van der Waals surface area contributed by atoms with Crippen molar-refractivity contribution >= 4 is 34.3 Å². The lowest BCUT2D eigenvalue weighted by Crippen LogP contribution is -2.17. The van der Waals surface area contributed by atoms with E-state index < -0.39 is 38.1 Å². The topological polar surface area (TPSA) is 106 Å². The summed E-state index contributed by atoms with van der Waals surface area (Å²) in [5.41, 5.74) is -0.529. The van der Waals surface area contributed by atoms with Gasteiger partial charge in [0.1, 0.15) is 22.2 Å². The highest BCUT2D eigenvalue weighted by Crippen LogP contribution is 2.28. The number of pyridine rings is 1. The van der Waals surface area contributed by atoms with E-state index >= 15 is 0 Å². The molecule has 134 valence electrons. The number of sulfonamides is 1. The number of nitrogens with zero attached hydrogens (tertiary/aromatic N) is 1. The second kappa shape index (κ2) is 7.23. The zero-order valence-corrected chi connectivity index (χ0v) is 14.4. The van der Waals surface area contributed by atoms with E-state index in [1.165, 1.54) is 19.4 Å². The Morgan fingerprint density at radius 1 is 1.32 bits per heavy atom. The van der Waals surface area contributed by atoms with Crippen molar-refractivity contribution in [3.05, 3.63) is 47.2 Å². The Bertz CT molecular complexity index is 935. The summed E-state index contributed by atoms with van der Waals surface area (Å²) in [6.45, 7) is 0. The molecule has 0 bridgehead atoms. The van der Waals surface area contributed by atoms with Gasteiger partial charge in [-0.15, -0.1) is 0 Å². The van der Waals surface area contributed by atoms with Crippen molar-refractivity contribution in [2.24, 2.45) is 0 Å². The number of aromatic nitrogens is 1. The number of thiol groups is 1. The number of hydrogen-bond acceptors (Lipinski definition) is 6. The molecule has 2 N–H and O–H groups in total. The summed E-state index contributed by atoms with van der Waals surface area (Å²) in [4.78, 5) is 13.8. The first-order valence-corrected chi connectivity index (χ1v) is 8.70. The van der Waals surface area contributed by atoms with Crippen LogP contribution in [0.25, 0.3) is 0 Å². The second-order valence-electron chi connectivity index (χ2n) is 4.73. The second-order valence-corrected chi connectivity index (χ2v) is 6.70. The average Bonchev–Trinajstić information content (AvgIpc) is 2.53. The van der Waals surface area contributed by atoms with Crippen LogP contribution in [-0.2, 0) is 15.8 Å². The molecule has 0 atom stereocenters. The molecule has 1 heterocycles. The molecule has 0 fully saturated rings. The van der Waals surface area contributed by atoms with Gasteiger partial charge in [0.2, 0.25) is 5.88 Å². The fourth-order valence-corrected chi connectivity index (χ4v) is 3.22. The van der Waals surface area contributed by atoms with E-state index in [2.05, 4.69) is 22.3 Å². The third-order valence-electron chi connectivity index (χ3n) is 3.07. The average molecular weight is 390 g/mol. The number of rotatable bonds is 6. The van der Waals surface area contributed by atoms with Gasteiger partial charge in [0.25, 0.3) is 10.0 Å². The number of benzene rings is 1. The summed E-state index contributed by atoms with van der Waals surface area (Å²) in [6.07, 6.45) is 1.41. The van der Waals surface area contributed by atoms with Gasteiger partial charge in [-0.2, -0.15) is 12.6 Å². The fourth-order valence-electron chi connectivity index (χ4n) is 1.92. The van der Waals surface area contributed by atoms with Gasteiger partial charge in [-0.3, -0.25) is 4.72 Å². The lowest BCUT2D eigenvalue weighted by atomic mass is 10.2. The Labute approximate surface area is 147 Å². The monoisotopic (exact) mass is 390 g/mol. The van der Waals surface area contributed by atoms with Crippen LogP contribution in [0.4, 0.5) is 14.5 Å². The van der Waals surface area contributed by atoms with Gasteiger partial charge >= 0.3 is 5.97 Å². The predicted molar refractivity (Wildman–Crippen MR) is 87.6 cm³/mol. The lowest BCUT2D eigenvalue weighted by molar-refractivity contribution is 0.0691. The summed E-state index contributed by atoms with van der Waals surface area (Å²) >= 11 is 4.04. The quantitative estimate of drug-likeness (QED) is 0.654. The molecule has 0 saturated heterocycles. The SMILES string of the molecule is COc1ncc(CS)cc1NS(=O)(=O)c1cc(C(=O)O)c(F)cc1F. The summed E-state index contributed by atoms with van der Waals surface area (Å²) < 4.78 is 59.1. The van der Waals surface area contributed by atoms with Gasteiger partial charge in [0.05, 0.1) is 12.7 Å². The van der Waals surface area contributed by atoms with Crippen molar-refractivity contribution in [1.29, 1.82) is 0 Å². The van der Waals surface area contributed by atoms with Crippen molar-refractivity contribution < 1.29 is 31.8 Å². The molecular formula is C14H12F2N2O5S2. The normalized spacial score (nSPS) is 11.2. The first kappa shape index (κ1) is 18.9. The lowest BCUT2D eigenvalue weighted by Gasteiger charge is -2.13. The minimum absolute atomic E-state index is 0.0879. The van der Waals surface area contributed by atoms with Crippen LogP contribution in [-0.4, -0.2) is 31.6 Å². The van der Waals surface area contributed by atoms with Crippen LogP contribution in [0.15, 0.2) is 29.3 Å². The first-order valence-electron chi connectivity index (χ1n) is 6.58. The van der Waals surface area contributed by atoms with Gasteiger partial charge in [-0.05, 0) is 17.7 Å². The molecule has 0 spiro atoms. The smallest absolute Gasteiger partial charge is 0.338 e. The van der Waals surface area contributed by atoms with Crippen molar-refractivity contribution in [3.63, 3.8) is 0 Å². The molecule has 11 heteroatoms. The first-order chi connectivity index (χ1) is 11.7. The molecule has 0 amide bonds. The van der Waals surface area contributed by atoms with Crippen LogP contribution >= 0.6 is 12.6 Å². The summed E-state index contributed by atoms with van der Waals surface area (Å²) in [5, 5.41) is 8.87. The maximum atomic E-state index is 13.9.